The summed E-state index contributed by atoms with van der Waals surface area (Å²) in [5.74, 6) is -2.80. The zero-order chi connectivity index (χ0) is 38.2. The predicted octanol–water partition coefficient (Wildman–Crippen LogP) is 6.84. The van der Waals surface area contributed by atoms with Gasteiger partial charge in [0.1, 0.15) is 34.9 Å². The molecule has 0 radical (unpaired) electrons. The first-order chi connectivity index (χ1) is 25.7. The van der Waals surface area contributed by atoms with Crippen LogP contribution in [0.2, 0.25) is 0 Å². The van der Waals surface area contributed by atoms with Crippen LogP contribution < -0.4 is 14.4 Å². The summed E-state index contributed by atoms with van der Waals surface area (Å²) in [4.78, 5) is 32.7. The van der Waals surface area contributed by atoms with Crippen molar-refractivity contribution in [2.75, 3.05) is 51.5 Å². The van der Waals surface area contributed by atoms with Crippen molar-refractivity contribution in [1.82, 2.24) is 24.8 Å². The number of anilines is 1. The van der Waals surface area contributed by atoms with Crippen molar-refractivity contribution in [2.45, 2.75) is 82.5 Å². The SMILES string of the molecule is [2H]C([2H])(Oc1nc(N2C[C@H]3CC[C@@H](C2)N3C(=O)OC(C)(C)C)c2cnc(-c3cc(OCOC)cc4ccc(F)c(F)c34)c(F)c2n1)C12CCCN1CCC2. The monoisotopic (exact) mass is 722 g/mol. The van der Waals surface area contributed by atoms with E-state index in [1.807, 2.05) is 25.7 Å². The molecule has 0 unspecified atom stereocenters. The maximum atomic E-state index is 17.2. The van der Waals surface area contributed by atoms with E-state index in [2.05, 4.69) is 14.9 Å². The molecule has 0 spiro atoms. The van der Waals surface area contributed by atoms with Crippen LogP contribution in [0.15, 0.2) is 30.5 Å². The van der Waals surface area contributed by atoms with Crippen molar-refractivity contribution in [2.24, 2.45) is 0 Å². The third-order valence-electron chi connectivity index (χ3n) is 10.6. The predicted molar refractivity (Wildman–Crippen MR) is 188 cm³/mol. The molecular weight excluding hydrogens is 677 g/mol. The highest BCUT2D eigenvalue weighted by atomic mass is 19.2. The Kier molecular flexibility index (Phi) is 8.19. The first kappa shape index (κ1) is 32.2. The van der Waals surface area contributed by atoms with Gasteiger partial charge in [0.15, 0.2) is 24.2 Å². The number of pyridine rings is 1. The molecule has 4 aliphatic heterocycles. The van der Waals surface area contributed by atoms with Gasteiger partial charge in [-0.15, -0.1) is 0 Å². The van der Waals surface area contributed by atoms with Gasteiger partial charge < -0.3 is 23.8 Å². The Balaban J connectivity index is 1.26. The van der Waals surface area contributed by atoms with Crippen molar-refractivity contribution < 1.29 is 39.7 Å². The fourth-order valence-electron chi connectivity index (χ4n) is 8.36. The molecule has 4 aliphatic rings. The molecule has 2 bridgehead atoms. The fourth-order valence-corrected chi connectivity index (χ4v) is 8.36. The number of benzene rings is 2. The summed E-state index contributed by atoms with van der Waals surface area (Å²) < 4.78 is 88.3. The standard InChI is InChI=1S/C38H43F3N6O5/c1-37(2,3)52-36(48)47-23-8-9-24(47)19-45(18-23)34-27-17-42-32(26-16-25(51-21-49-4)15-22-7-10-28(39)30(40)29(22)26)31(41)33(27)43-35(44-34)50-20-38-11-5-13-46(38)14-6-12-38/h7,10,15-17,23-24H,5-6,8-9,11-14,18-21H2,1-4H3/t23-,24+/i20D2. The number of rotatable bonds is 8. The van der Waals surface area contributed by atoms with Crippen LogP contribution in [-0.4, -0.2) is 101 Å². The van der Waals surface area contributed by atoms with Gasteiger partial charge in [0.25, 0.3) is 0 Å². The van der Waals surface area contributed by atoms with Crippen molar-refractivity contribution >= 4 is 33.6 Å². The Morgan fingerprint density at radius 1 is 1.02 bits per heavy atom. The van der Waals surface area contributed by atoms with E-state index in [0.29, 0.717) is 25.9 Å². The minimum absolute atomic E-state index is 0.0802. The number of hydrogen-bond donors (Lipinski definition) is 0. The van der Waals surface area contributed by atoms with Crippen LogP contribution in [0.25, 0.3) is 32.9 Å². The second kappa shape index (κ2) is 13.2. The van der Waals surface area contributed by atoms with Gasteiger partial charge in [0.05, 0.1) is 25.8 Å². The van der Waals surface area contributed by atoms with Gasteiger partial charge in [0.2, 0.25) is 0 Å². The average molecular weight is 723 g/mol. The Hall–Kier alpha value is -4.43. The molecule has 4 aromatic rings. The highest BCUT2D eigenvalue weighted by Crippen LogP contribution is 2.42. The number of piperazine rings is 1. The van der Waals surface area contributed by atoms with Gasteiger partial charge in [-0.2, -0.15) is 9.97 Å². The van der Waals surface area contributed by atoms with Crippen molar-refractivity contribution in [3.05, 3.63) is 47.9 Å². The zero-order valence-electron chi connectivity index (χ0n) is 31.7. The topological polar surface area (TPSA) is 102 Å². The van der Waals surface area contributed by atoms with E-state index in [0.717, 1.165) is 44.8 Å². The molecule has 0 aliphatic carbocycles. The quantitative estimate of drug-likeness (QED) is 0.180. The Morgan fingerprint density at radius 3 is 2.44 bits per heavy atom. The molecule has 1 amide bonds. The van der Waals surface area contributed by atoms with Crippen LogP contribution in [0, 0.1) is 17.5 Å². The molecule has 0 N–H and O–H groups in total. The number of nitrogens with zero attached hydrogens (tertiary/aromatic N) is 6. The molecule has 2 atom stereocenters. The van der Waals surface area contributed by atoms with Gasteiger partial charge in [-0.1, -0.05) is 6.07 Å². The van der Waals surface area contributed by atoms with Gasteiger partial charge in [-0.25, -0.2) is 18.0 Å². The molecule has 8 rings (SSSR count). The largest absolute Gasteiger partial charge is 0.468 e. The smallest absolute Gasteiger partial charge is 0.410 e. The summed E-state index contributed by atoms with van der Waals surface area (Å²) in [5, 5.41) is 0.248. The molecule has 2 aromatic carbocycles. The minimum Gasteiger partial charge on any atom is -0.468 e. The van der Waals surface area contributed by atoms with E-state index >= 15 is 8.78 Å². The van der Waals surface area contributed by atoms with Crippen LogP contribution in [0.4, 0.5) is 23.8 Å². The van der Waals surface area contributed by atoms with E-state index in [1.54, 1.807) is 4.90 Å². The maximum absolute atomic E-state index is 17.2. The molecule has 2 aromatic heterocycles. The lowest BCUT2D eigenvalue weighted by atomic mass is 9.95. The summed E-state index contributed by atoms with van der Waals surface area (Å²) in [6.45, 7) is 5.25. The zero-order valence-corrected chi connectivity index (χ0v) is 29.7. The lowest BCUT2D eigenvalue weighted by Gasteiger charge is -2.42. The van der Waals surface area contributed by atoms with E-state index in [9.17, 15) is 11.9 Å². The van der Waals surface area contributed by atoms with Crippen molar-refractivity contribution in [1.29, 1.82) is 0 Å². The number of fused-ring (bicyclic) bond motifs is 5. The molecular formula is C38H43F3N6O5. The number of amides is 1. The molecule has 6 heterocycles. The number of carbonyl (C=O) groups excluding carboxylic acids is 1. The normalized spacial score (nSPS) is 22.1. The van der Waals surface area contributed by atoms with Gasteiger partial charge >= 0.3 is 12.1 Å². The van der Waals surface area contributed by atoms with E-state index in [4.69, 9.17) is 23.9 Å². The molecule has 4 saturated heterocycles. The number of halogens is 3. The lowest BCUT2D eigenvalue weighted by molar-refractivity contribution is 0.0122. The van der Waals surface area contributed by atoms with Crippen LogP contribution >= 0.6 is 0 Å². The number of aromatic nitrogens is 3. The molecule has 14 heteroatoms. The van der Waals surface area contributed by atoms with E-state index in [-0.39, 0.29) is 69.4 Å². The second-order valence-corrected chi connectivity index (χ2v) is 15.1. The summed E-state index contributed by atoms with van der Waals surface area (Å²) in [5.41, 5.74) is -2.20. The molecule has 11 nitrogen and oxygen atoms in total. The fraction of sp³-hybridized carbons (Fsp3) is 0.526. The highest BCUT2D eigenvalue weighted by molar-refractivity contribution is 6.00. The Bertz CT molecular complexity index is 2110. The van der Waals surface area contributed by atoms with Crippen molar-refractivity contribution in [3.8, 4) is 23.0 Å². The Labute approximate surface area is 302 Å². The van der Waals surface area contributed by atoms with Crippen LogP contribution in [-0.2, 0) is 9.47 Å². The number of methoxy groups -OCH3 is 1. The molecule has 0 saturated carbocycles. The van der Waals surface area contributed by atoms with Crippen LogP contribution in [0.3, 0.4) is 0 Å². The van der Waals surface area contributed by atoms with Crippen LogP contribution in [0.5, 0.6) is 11.8 Å². The van der Waals surface area contributed by atoms with E-state index < -0.39 is 41.2 Å². The second-order valence-electron chi connectivity index (χ2n) is 15.1. The average Bonchev–Trinajstić information content (AvgIpc) is 3.80. The third kappa shape index (κ3) is 6.13. The summed E-state index contributed by atoms with van der Waals surface area (Å²) >= 11 is 0. The van der Waals surface area contributed by atoms with Crippen molar-refractivity contribution in [3.63, 3.8) is 0 Å². The molecule has 4 fully saturated rings. The number of ether oxygens (including phenoxy) is 4. The summed E-state index contributed by atoms with van der Waals surface area (Å²) in [6, 6.07) is 4.39. The maximum Gasteiger partial charge on any atom is 0.410 e. The summed E-state index contributed by atoms with van der Waals surface area (Å²) in [7, 11) is 1.43. The first-order valence-corrected chi connectivity index (χ1v) is 17.8. The van der Waals surface area contributed by atoms with E-state index in [1.165, 1.54) is 31.5 Å². The lowest BCUT2D eigenvalue weighted by Crippen LogP contribution is -2.57. The van der Waals surface area contributed by atoms with Gasteiger partial charge in [-0.3, -0.25) is 14.8 Å². The minimum atomic E-state index is -2.23. The van der Waals surface area contributed by atoms with Crippen LogP contribution in [0.1, 0.15) is 62.0 Å². The first-order valence-electron chi connectivity index (χ1n) is 18.8. The number of carbonyl (C=O) groups is 1. The summed E-state index contributed by atoms with van der Waals surface area (Å²) in [6.07, 6.45) is 5.25. The molecule has 52 heavy (non-hydrogen) atoms. The number of hydrogen-bond acceptors (Lipinski definition) is 10. The highest BCUT2D eigenvalue weighted by Gasteiger charge is 2.46. The van der Waals surface area contributed by atoms with Gasteiger partial charge in [0, 0.05) is 37.3 Å². The molecule has 276 valence electrons. The Morgan fingerprint density at radius 2 is 1.75 bits per heavy atom. The van der Waals surface area contributed by atoms with Gasteiger partial charge in [-0.05, 0) is 96.0 Å². The third-order valence-corrected chi connectivity index (χ3v) is 10.6.